The number of aromatic hydroxyl groups is 1. The number of rotatable bonds is 6. The second kappa shape index (κ2) is 5.98. The Bertz CT molecular complexity index is 400. The number of carbonyl (C=O) groups is 1. The zero-order valence-corrected chi connectivity index (χ0v) is 9.90. The fraction of sp³-hybridized carbons (Fsp3) is 0.417. The van der Waals surface area contributed by atoms with E-state index in [0.29, 0.717) is 30.1 Å². The van der Waals surface area contributed by atoms with Crippen LogP contribution in [0.3, 0.4) is 0 Å². The van der Waals surface area contributed by atoms with E-state index in [9.17, 15) is 9.90 Å². The fourth-order valence-electron chi connectivity index (χ4n) is 1.48. The molecule has 0 aromatic heterocycles. The van der Waals surface area contributed by atoms with Crippen molar-refractivity contribution in [2.24, 2.45) is 0 Å². The fourth-order valence-corrected chi connectivity index (χ4v) is 1.48. The van der Waals surface area contributed by atoms with Crippen molar-refractivity contribution in [2.45, 2.75) is 19.8 Å². The summed E-state index contributed by atoms with van der Waals surface area (Å²) in [5, 5.41) is 18.0. The van der Waals surface area contributed by atoms with Gasteiger partial charge in [0, 0.05) is 12.0 Å². The van der Waals surface area contributed by atoms with Gasteiger partial charge in [-0.05, 0) is 25.5 Å². The SMILES string of the molecule is COc1c(O)ccc(OCCCC(=O)O)c1C. The Kier molecular flexibility index (Phi) is 4.63. The van der Waals surface area contributed by atoms with Gasteiger partial charge < -0.3 is 19.7 Å². The maximum absolute atomic E-state index is 10.3. The third-order valence-electron chi connectivity index (χ3n) is 2.33. The molecule has 2 N–H and O–H groups in total. The van der Waals surface area contributed by atoms with Crippen molar-refractivity contribution in [1.29, 1.82) is 0 Å². The van der Waals surface area contributed by atoms with Crippen LogP contribution in [0.25, 0.3) is 0 Å². The van der Waals surface area contributed by atoms with Gasteiger partial charge in [0.2, 0.25) is 0 Å². The van der Waals surface area contributed by atoms with Gasteiger partial charge in [0.15, 0.2) is 11.5 Å². The second-order valence-electron chi connectivity index (χ2n) is 3.59. The third kappa shape index (κ3) is 3.55. The van der Waals surface area contributed by atoms with Crippen LogP contribution >= 0.6 is 0 Å². The van der Waals surface area contributed by atoms with E-state index in [1.54, 1.807) is 13.0 Å². The van der Waals surface area contributed by atoms with Gasteiger partial charge >= 0.3 is 5.97 Å². The molecule has 5 nitrogen and oxygen atoms in total. The minimum atomic E-state index is -0.839. The number of ether oxygens (including phenoxy) is 2. The predicted octanol–water partition coefficient (Wildman–Crippen LogP) is 1.95. The molecule has 0 heterocycles. The molecular formula is C12H16O5. The minimum Gasteiger partial charge on any atom is -0.504 e. The summed E-state index contributed by atoms with van der Waals surface area (Å²) in [7, 11) is 1.47. The number of hydrogen-bond acceptors (Lipinski definition) is 4. The van der Waals surface area contributed by atoms with Crippen LogP contribution in [0, 0.1) is 6.92 Å². The molecule has 1 rings (SSSR count). The third-order valence-corrected chi connectivity index (χ3v) is 2.33. The normalized spacial score (nSPS) is 10.0. The summed E-state index contributed by atoms with van der Waals surface area (Å²) < 4.78 is 10.5. The lowest BCUT2D eigenvalue weighted by molar-refractivity contribution is -0.137. The molecule has 0 bridgehead atoms. The lowest BCUT2D eigenvalue weighted by Crippen LogP contribution is -2.03. The van der Waals surface area contributed by atoms with E-state index in [1.165, 1.54) is 13.2 Å². The molecule has 0 aliphatic carbocycles. The van der Waals surface area contributed by atoms with Gasteiger partial charge in [0.25, 0.3) is 0 Å². The first-order valence-electron chi connectivity index (χ1n) is 5.27. The maximum atomic E-state index is 10.3. The van der Waals surface area contributed by atoms with E-state index in [0.717, 1.165) is 0 Å². The summed E-state index contributed by atoms with van der Waals surface area (Å²) in [6, 6.07) is 3.12. The van der Waals surface area contributed by atoms with Crippen molar-refractivity contribution >= 4 is 5.97 Å². The number of carboxylic acids is 1. The molecule has 0 radical (unpaired) electrons. The van der Waals surface area contributed by atoms with E-state index in [4.69, 9.17) is 14.6 Å². The number of phenolic OH excluding ortho intramolecular Hbond substituents is 1. The summed E-state index contributed by atoms with van der Waals surface area (Å²) in [5.41, 5.74) is 0.697. The van der Waals surface area contributed by atoms with Crippen LogP contribution in [0.1, 0.15) is 18.4 Å². The molecular weight excluding hydrogens is 224 g/mol. The molecule has 17 heavy (non-hydrogen) atoms. The molecule has 0 fully saturated rings. The average Bonchev–Trinajstić information content (AvgIpc) is 2.27. The average molecular weight is 240 g/mol. The van der Waals surface area contributed by atoms with Gasteiger partial charge in [-0.2, -0.15) is 0 Å². The summed E-state index contributed by atoms with van der Waals surface area (Å²) >= 11 is 0. The van der Waals surface area contributed by atoms with Gasteiger partial charge in [0.05, 0.1) is 13.7 Å². The monoisotopic (exact) mass is 240 g/mol. The van der Waals surface area contributed by atoms with Crippen LogP contribution in [0.15, 0.2) is 12.1 Å². The van der Waals surface area contributed by atoms with Gasteiger partial charge in [-0.25, -0.2) is 0 Å². The van der Waals surface area contributed by atoms with Crippen LogP contribution in [-0.4, -0.2) is 29.9 Å². The molecule has 0 saturated heterocycles. The molecule has 1 aromatic carbocycles. The molecule has 0 aliphatic heterocycles. The Morgan fingerprint density at radius 3 is 2.71 bits per heavy atom. The van der Waals surface area contributed by atoms with E-state index in [-0.39, 0.29) is 12.2 Å². The second-order valence-corrected chi connectivity index (χ2v) is 3.59. The van der Waals surface area contributed by atoms with Crippen molar-refractivity contribution < 1.29 is 24.5 Å². The van der Waals surface area contributed by atoms with Crippen LogP contribution in [-0.2, 0) is 4.79 Å². The highest BCUT2D eigenvalue weighted by Gasteiger charge is 2.10. The molecule has 0 spiro atoms. The first kappa shape index (κ1) is 13.2. The van der Waals surface area contributed by atoms with Crippen molar-refractivity contribution in [3.8, 4) is 17.2 Å². The summed E-state index contributed by atoms with van der Waals surface area (Å²) in [4.78, 5) is 10.3. The number of methoxy groups -OCH3 is 1. The van der Waals surface area contributed by atoms with Gasteiger partial charge in [-0.3, -0.25) is 4.79 Å². The lowest BCUT2D eigenvalue weighted by atomic mass is 10.2. The number of hydrogen-bond donors (Lipinski definition) is 2. The van der Waals surface area contributed by atoms with Crippen molar-refractivity contribution in [3.63, 3.8) is 0 Å². The number of benzene rings is 1. The van der Waals surface area contributed by atoms with Crippen molar-refractivity contribution in [3.05, 3.63) is 17.7 Å². The zero-order valence-electron chi connectivity index (χ0n) is 9.90. The first-order valence-corrected chi connectivity index (χ1v) is 5.27. The summed E-state index contributed by atoms with van der Waals surface area (Å²) in [5.74, 6) is 0.183. The Morgan fingerprint density at radius 1 is 1.41 bits per heavy atom. The largest absolute Gasteiger partial charge is 0.504 e. The molecule has 0 atom stereocenters. The van der Waals surface area contributed by atoms with Crippen LogP contribution in [0.4, 0.5) is 0 Å². The molecule has 5 heteroatoms. The molecule has 94 valence electrons. The van der Waals surface area contributed by atoms with E-state index >= 15 is 0 Å². The lowest BCUT2D eigenvalue weighted by Gasteiger charge is -2.12. The quantitative estimate of drug-likeness (QED) is 0.743. The Morgan fingerprint density at radius 2 is 2.12 bits per heavy atom. The van der Waals surface area contributed by atoms with E-state index in [2.05, 4.69) is 0 Å². The summed E-state index contributed by atoms with van der Waals surface area (Å²) in [6.07, 6.45) is 0.520. The Hall–Kier alpha value is -1.91. The Labute approximate surface area is 99.6 Å². The molecule has 0 amide bonds. The number of phenols is 1. The molecule has 1 aromatic rings. The van der Waals surface area contributed by atoms with Crippen LogP contribution in [0.5, 0.6) is 17.2 Å². The van der Waals surface area contributed by atoms with E-state index in [1.807, 2.05) is 0 Å². The van der Waals surface area contributed by atoms with Crippen LogP contribution in [0.2, 0.25) is 0 Å². The highest BCUT2D eigenvalue weighted by molar-refractivity contribution is 5.66. The highest BCUT2D eigenvalue weighted by atomic mass is 16.5. The number of carboxylic acid groups (broad SMARTS) is 1. The molecule has 0 unspecified atom stereocenters. The molecule has 0 aliphatic rings. The van der Waals surface area contributed by atoms with Gasteiger partial charge in [-0.1, -0.05) is 0 Å². The smallest absolute Gasteiger partial charge is 0.303 e. The van der Waals surface area contributed by atoms with Gasteiger partial charge in [0.1, 0.15) is 5.75 Å². The zero-order chi connectivity index (χ0) is 12.8. The maximum Gasteiger partial charge on any atom is 0.303 e. The van der Waals surface area contributed by atoms with Crippen molar-refractivity contribution in [1.82, 2.24) is 0 Å². The Balaban J connectivity index is 2.63. The van der Waals surface area contributed by atoms with Crippen LogP contribution < -0.4 is 9.47 Å². The van der Waals surface area contributed by atoms with E-state index < -0.39 is 5.97 Å². The van der Waals surface area contributed by atoms with Crippen molar-refractivity contribution in [2.75, 3.05) is 13.7 Å². The standard InChI is InChI=1S/C12H16O5/c1-8-10(17-7-3-4-11(14)15)6-5-9(13)12(8)16-2/h5-6,13H,3-4,7H2,1-2H3,(H,14,15). The summed E-state index contributed by atoms with van der Waals surface area (Å²) in [6.45, 7) is 2.09. The molecule has 0 saturated carbocycles. The van der Waals surface area contributed by atoms with Gasteiger partial charge in [-0.15, -0.1) is 0 Å². The highest BCUT2D eigenvalue weighted by Crippen LogP contribution is 2.35. The predicted molar refractivity (Wildman–Crippen MR) is 61.8 cm³/mol. The first-order chi connectivity index (χ1) is 8.06. The number of aliphatic carboxylic acids is 1. The minimum absolute atomic E-state index is 0.0582. The topological polar surface area (TPSA) is 76.0 Å².